The Morgan fingerprint density at radius 2 is 2.21 bits per heavy atom. The molecule has 2 aromatic rings. The van der Waals surface area contributed by atoms with Gasteiger partial charge < -0.3 is 5.73 Å². The van der Waals surface area contributed by atoms with Crippen molar-refractivity contribution in [3.05, 3.63) is 30.1 Å². The first-order chi connectivity index (χ1) is 6.68. The van der Waals surface area contributed by atoms with E-state index in [2.05, 4.69) is 10.1 Å². The molecule has 0 unspecified atom stereocenters. The maximum Gasteiger partial charge on any atom is 0.121 e. The SMILES string of the molecule is Cc1ncccc1-c1cc(N)n(C)n1. The fraction of sp³-hybridized carbons (Fsp3) is 0.200. The minimum atomic E-state index is 0.656. The molecule has 0 radical (unpaired) electrons. The Hall–Kier alpha value is -1.84. The summed E-state index contributed by atoms with van der Waals surface area (Å²) in [5.41, 5.74) is 8.57. The van der Waals surface area contributed by atoms with Gasteiger partial charge in [-0.05, 0) is 19.1 Å². The van der Waals surface area contributed by atoms with E-state index < -0.39 is 0 Å². The van der Waals surface area contributed by atoms with E-state index in [-0.39, 0.29) is 0 Å². The van der Waals surface area contributed by atoms with Crippen molar-refractivity contribution >= 4 is 5.82 Å². The zero-order valence-corrected chi connectivity index (χ0v) is 8.23. The molecular formula is C10H12N4. The zero-order valence-electron chi connectivity index (χ0n) is 8.23. The van der Waals surface area contributed by atoms with Gasteiger partial charge in [0.25, 0.3) is 0 Å². The van der Waals surface area contributed by atoms with E-state index in [0.29, 0.717) is 5.82 Å². The van der Waals surface area contributed by atoms with Crippen molar-refractivity contribution in [2.75, 3.05) is 5.73 Å². The highest BCUT2D eigenvalue weighted by atomic mass is 15.3. The summed E-state index contributed by atoms with van der Waals surface area (Å²) in [7, 11) is 1.82. The number of rotatable bonds is 1. The number of aromatic nitrogens is 3. The molecule has 72 valence electrons. The number of nitrogens with two attached hydrogens (primary N) is 1. The maximum atomic E-state index is 5.71. The molecule has 0 aliphatic carbocycles. The van der Waals surface area contributed by atoms with Crippen LogP contribution >= 0.6 is 0 Å². The highest BCUT2D eigenvalue weighted by molar-refractivity contribution is 5.64. The number of hydrogen-bond donors (Lipinski definition) is 1. The molecule has 0 aliphatic rings. The van der Waals surface area contributed by atoms with Gasteiger partial charge in [0.15, 0.2) is 0 Å². The number of nitrogens with zero attached hydrogens (tertiary/aromatic N) is 3. The van der Waals surface area contributed by atoms with Crippen LogP contribution in [-0.2, 0) is 7.05 Å². The normalized spacial score (nSPS) is 10.4. The summed E-state index contributed by atoms with van der Waals surface area (Å²) in [4.78, 5) is 4.20. The Morgan fingerprint density at radius 1 is 1.43 bits per heavy atom. The smallest absolute Gasteiger partial charge is 0.121 e. The fourth-order valence-electron chi connectivity index (χ4n) is 1.37. The monoisotopic (exact) mass is 188 g/mol. The third-order valence-electron chi connectivity index (χ3n) is 2.20. The third kappa shape index (κ3) is 1.35. The molecule has 0 saturated heterocycles. The summed E-state index contributed by atoms with van der Waals surface area (Å²) in [5, 5.41) is 4.29. The van der Waals surface area contributed by atoms with Gasteiger partial charge in [0.05, 0.1) is 5.69 Å². The molecular weight excluding hydrogens is 176 g/mol. The van der Waals surface area contributed by atoms with Crippen LogP contribution in [0.2, 0.25) is 0 Å². The molecule has 0 bridgehead atoms. The van der Waals surface area contributed by atoms with Gasteiger partial charge in [-0.2, -0.15) is 5.10 Å². The van der Waals surface area contributed by atoms with Crippen molar-refractivity contribution < 1.29 is 0 Å². The second-order valence-corrected chi connectivity index (χ2v) is 3.21. The minimum Gasteiger partial charge on any atom is -0.384 e. The van der Waals surface area contributed by atoms with Crippen LogP contribution in [0.1, 0.15) is 5.69 Å². The van der Waals surface area contributed by atoms with Gasteiger partial charge >= 0.3 is 0 Å². The third-order valence-corrected chi connectivity index (χ3v) is 2.20. The lowest BCUT2D eigenvalue weighted by molar-refractivity contribution is 0.782. The molecule has 2 aromatic heterocycles. The zero-order chi connectivity index (χ0) is 10.1. The summed E-state index contributed by atoms with van der Waals surface area (Å²) in [6.07, 6.45) is 1.77. The second kappa shape index (κ2) is 3.14. The van der Waals surface area contributed by atoms with Crippen molar-refractivity contribution in [3.8, 4) is 11.3 Å². The average Bonchev–Trinajstić information content (AvgIpc) is 2.48. The van der Waals surface area contributed by atoms with E-state index in [4.69, 9.17) is 5.73 Å². The Bertz CT molecular complexity index is 439. The topological polar surface area (TPSA) is 56.7 Å². The van der Waals surface area contributed by atoms with Gasteiger partial charge in [0.2, 0.25) is 0 Å². The summed E-state index contributed by atoms with van der Waals surface area (Å²) < 4.78 is 1.65. The average molecular weight is 188 g/mol. The second-order valence-electron chi connectivity index (χ2n) is 3.21. The van der Waals surface area contributed by atoms with Crippen molar-refractivity contribution in [2.24, 2.45) is 7.05 Å². The molecule has 0 amide bonds. The standard InChI is InChI=1S/C10H12N4/c1-7-8(4-3-5-12-7)9-6-10(11)14(2)13-9/h3-6H,11H2,1-2H3. The Balaban J connectivity index is 2.55. The van der Waals surface area contributed by atoms with E-state index in [9.17, 15) is 0 Å². The fourth-order valence-corrected chi connectivity index (χ4v) is 1.37. The molecule has 0 aliphatic heterocycles. The number of pyridine rings is 1. The summed E-state index contributed by atoms with van der Waals surface area (Å²) >= 11 is 0. The minimum absolute atomic E-state index is 0.656. The molecule has 2 heterocycles. The number of nitrogen functional groups attached to an aromatic ring is 1. The molecule has 4 nitrogen and oxygen atoms in total. The molecule has 0 fully saturated rings. The van der Waals surface area contributed by atoms with Crippen molar-refractivity contribution in [1.82, 2.24) is 14.8 Å². The van der Waals surface area contributed by atoms with Crippen LogP contribution in [0.25, 0.3) is 11.3 Å². The van der Waals surface area contributed by atoms with E-state index >= 15 is 0 Å². The Kier molecular flexibility index (Phi) is 1.96. The molecule has 2 N–H and O–H groups in total. The van der Waals surface area contributed by atoms with Crippen LogP contribution in [0, 0.1) is 6.92 Å². The van der Waals surface area contributed by atoms with Crippen LogP contribution in [0.3, 0.4) is 0 Å². The maximum absolute atomic E-state index is 5.71. The number of aryl methyl sites for hydroxylation is 2. The van der Waals surface area contributed by atoms with Gasteiger partial charge in [-0.15, -0.1) is 0 Å². The van der Waals surface area contributed by atoms with Crippen LogP contribution < -0.4 is 5.73 Å². The van der Waals surface area contributed by atoms with Crippen LogP contribution in [0.15, 0.2) is 24.4 Å². The first-order valence-corrected chi connectivity index (χ1v) is 4.40. The lowest BCUT2D eigenvalue weighted by atomic mass is 10.1. The molecule has 0 aromatic carbocycles. The van der Waals surface area contributed by atoms with Gasteiger partial charge in [-0.3, -0.25) is 9.67 Å². The highest BCUT2D eigenvalue weighted by Crippen LogP contribution is 2.21. The van der Waals surface area contributed by atoms with Crippen molar-refractivity contribution in [1.29, 1.82) is 0 Å². The predicted octanol–water partition coefficient (Wildman–Crippen LogP) is 1.37. The Morgan fingerprint density at radius 3 is 2.79 bits per heavy atom. The number of hydrogen-bond acceptors (Lipinski definition) is 3. The molecule has 0 spiro atoms. The lowest BCUT2D eigenvalue weighted by Gasteiger charge is -1.99. The van der Waals surface area contributed by atoms with E-state index in [1.807, 2.05) is 32.2 Å². The summed E-state index contributed by atoms with van der Waals surface area (Å²) in [6.45, 7) is 1.96. The van der Waals surface area contributed by atoms with Crippen molar-refractivity contribution in [3.63, 3.8) is 0 Å². The van der Waals surface area contributed by atoms with E-state index in [1.54, 1.807) is 10.9 Å². The first-order valence-electron chi connectivity index (χ1n) is 4.40. The first kappa shape index (κ1) is 8.74. The highest BCUT2D eigenvalue weighted by Gasteiger charge is 2.06. The lowest BCUT2D eigenvalue weighted by Crippen LogP contribution is -1.96. The van der Waals surface area contributed by atoms with Crippen molar-refractivity contribution in [2.45, 2.75) is 6.92 Å². The van der Waals surface area contributed by atoms with Crippen LogP contribution in [0.5, 0.6) is 0 Å². The van der Waals surface area contributed by atoms with Gasteiger partial charge in [-0.1, -0.05) is 0 Å². The molecule has 14 heavy (non-hydrogen) atoms. The van der Waals surface area contributed by atoms with Gasteiger partial charge in [-0.25, -0.2) is 0 Å². The molecule has 0 saturated carbocycles. The summed E-state index contributed by atoms with van der Waals surface area (Å²) in [5.74, 6) is 0.656. The Labute approximate surface area is 82.4 Å². The molecule has 4 heteroatoms. The van der Waals surface area contributed by atoms with Gasteiger partial charge in [0, 0.05) is 30.6 Å². The largest absolute Gasteiger partial charge is 0.384 e. The predicted molar refractivity (Wildman–Crippen MR) is 55.6 cm³/mol. The van der Waals surface area contributed by atoms with Gasteiger partial charge in [0.1, 0.15) is 5.82 Å². The molecule has 2 rings (SSSR count). The number of anilines is 1. The van der Waals surface area contributed by atoms with E-state index in [1.165, 1.54) is 0 Å². The quantitative estimate of drug-likeness (QED) is 0.735. The summed E-state index contributed by atoms with van der Waals surface area (Å²) in [6, 6.07) is 5.74. The van der Waals surface area contributed by atoms with Crippen LogP contribution in [-0.4, -0.2) is 14.8 Å². The molecule has 0 atom stereocenters. The van der Waals surface area contributed by atoms with E-state index in [0.717, 1.165) is 17.0 Å². The van der Waals surface area contributed by atoms with Crippen LogP contribution in [0.4, 0.5) is 5.82 Å².